The lowest BCUT2D eigenvalue weighted by Gasteiger charge is -2.07. The summed E-state index contributed by atoms with van der Waals surface area (Å²) in [4.78, 5) is 11.8. The van der Waals surface area contributed by atoms with Crippen LogP contribution in [0.2, 0.25) is 0 Å². The van der Waals surface area contributed by atoms with Gasteiger partial charge in [0.25, 0.3) is 16.0 Å². The number of carbonyl (C=O) groups is 1. The van der Waals surface area contributed by atoms with Crippen molar-refractivity contribution in [3.05, 3.63) is 59.7 Å². The molecule has 2 aromatic rings. The standard InChI is InChI=1S/C15H15NO4S/c1-2-11-6-8-12(9-7-11)15(17)16-13-4-3-5-14(10-13)21(18,19)20/h3-10H,2H2,1H3,(H,16,17)(H,18,19,20). The van der Waals surface area contributed by atoms with E-state index in [-0.39, 0.29) is 10.8 Å². The van der Waals surface area contributed by atoms with Gasteiger partial charge >= 0.3 is 0 Å². The van der Waals surface area contributed by atoms with Crippen molar-refractivity contribution in [1.29, 1.82) is 0 Å². The second-order valence-corrected chi connectivity index (χ2v) is 5.93. The maximum absolute atomic E-state index is 12.1. The largest absolute Gasteiger partial charge is 0.322 e. The van der Waals surface area contributed by atoms with Crippen molar-refractivity contribution >= 4 is 21.7 Å². The molecule has 0 fully saturated rings. The van der Waals surface area contributed by atoms with E-state index in [0.29, 0.717) is 11.3 Å². The molecule has 5 nitrogen and oxygen atoms in total. The van der Waals surface area contributed by atoms with Crippen LogP contribution in [-0.4, -0.2) is 18.9 Å². The molecular formula is C15H15NO4S. The van der Waals surface area contributed by atoms with E-state index in [1.54, 1.807) is 18.2 Å². The molecule has 21 heavy (non-hydrogen) atoms. The zero-order valence-electron chi connectivity index (χ0n) is 11.4. The number of rotatable bonds is 4. The first-order chi connectivity index (χ1) is 9.90. The normalized spacial score (nSPS) is 11.1. The van der Waals surface area contributed by atoms with Crippen LogP contribution in [0.5, 0.6) is 0 Å². The third-order valence-corrected chi connectivity index (χ3v) is 3.86. The van der Waals surface area contributed by atoms with Crippen molar-refractivity contribution < 1.29 is 17.8 Å². The van der Waals surface area contributed by atoms with Gasteiger partial charge in [-0.1, -0.05) is 25.1 Å². The van der Waals surface area contributed by atoms with Gasteiger partial charge in [-0.15, -0.1) is 0 Å². The molecule has 0 saturated heterocycles. The van der Waals surface area contributed by atoms with E-state index in [0.717, 1.165) is 12.0 Å². The molecule has 6 heteroatoms. The van der Waals surface area contributed by atoms with Gasteiger partial charge in [-0.25, -0.2) is 0 Å². The minimum absolute atomic E-state index is 0.262. The lowest BCUT2D eigenvalue weighted by molar-refractivity contribution is 0.102. The first-order valence-electron chi connectivity index (χ1n) is 6.38. The first kappa shape index (κ1) is 15.2. The second kappa shape index (κ2) is 6.07. The van der Waals surface area contributed by atoms with Gasteiger partial charge in [-0.2, -0.15) is 8.42 Å². The number of amides is 1. The number of nitrogens with one attached hydrogen (secondary N) is 1. The van der Waals surface area contributed by atoms with Crippen LogP contribution in [-0.2, 0) is 16.5 Å². The Balaban J connectivity index is 2.19. The van der Waals surface area contributed by atoms with Crippen molar-refractivity contribution in [3.63, 3.8) is 0 Å². The van der Waals surface area contributed by atoms with Gasteiger partial charge in [0, 0.05) is 11.3 Å². The highest BCUT2D eigenvalue weighted by Crippen LogP contribution is 2.16. The van der Waals surface area contributed by atoms with E-state index in [4.69, 9.17) is 4.55 Å². The molecule has 0 aliphatic carbocycles. The van der Waals surface area contributed by atoms with Gasteiger partial charge in [-0.05, 0) is 42.3 Å². The van der Waals surface area contributed by atoms with E-state index < -0.39 is 10.1 Å². The Morgan fingerprint density at radius 2 is 1.81 bits per heavy atom. The Bertz CT molecular complexity index is 751. The Labute approximate surface area is 123 Å². The zero-order chi connectivity index (χ0) is 15.5. The Morgan fingerprint density at radius 1 is 1.14 bits per heavy atom. The minimum atomic E-state index is -4.29. The molecular weight excluding hydrogens is 290 g/mol. The smallest absolute Gasteiger partial charge is 0.294 e. The molecule has 1 amide bonds. The molecule has 0 heterocycles. The van der Waals surface area contributed by atoms with Crippen molar-refractivity contribution in [2.75, 3.05) is 5.32 Å². The molecule has 2 rings (SSSR count). The van der Waals surface area contributed by atoms with E-state index in [1.165, 1.54) is 18.2 Å². The summed E-state index contributed by atoms with van der Waals surface area (Å²) in [6.45, 7) is 2.02. The number of benzene rings is 2. The second-order valence-electron chi connectivity index (χ2n) is 4.51. The van der Waals surface area contributed by atoms with Crippen molar-refractivity contribution in [3.8, 4) is 0 Å². The molecule has 2 N–H and O–H groups in total. The van der Waals surface area contributed by atoms with Gasteiger partial charge in [-0.3, -0.25) is 9.35 Å². The summed E-state index contributed by atoms with van der Waals surface area (Å²) < 4.78 is 31.1. The van der Waals surface area contributed by atoms with Gasteiger partial charge in [0.2, 0.25) is 0 Å². The minimum Gasteiger partial charge on any atom is -0.322 e. The van der Waals surface area contributed by atoms with Gasteiger partial charge in [0.1, 0.15) is 0 Å². The average Bonchev–Trinajstić information content (AvgIpc) is 2.47. The number of aryl methyl sites for hydroxylation is 1. The number of hydrogen-bond acceptors (Lipinski definition) is 3. The maximum atomic E-state index is 12.1. The summed E-state index contributed by atoms with van der Waals surface area (Å²) in [7, 11) is -4.29. The molecule has 0 aliphatic rings. The summed E-state index contributed by atoms with van der Waals surface area (Å²) in [5.74, 6) is -0.342. The summed E-state index contributed by atoms with van der Waals surface area (Å²) in [5, 5.41) is 2.59. The summed E-state index contributed by atoms with van der Waals surface area (Å²) in [5.41, 5.74) is 1.90. The molecule has 0 atom stereocenters. The Hall–Kier alpha value is -2.18. The Morgan fingerprint density at radius 3 is 2.38 bits per heavy atom. The molecule has 2 aromatic carbocycles. The van der Waals surface area contributed by atoms with Crippen LogP contribution >= 0.6 is 0 Å². The van der Waals surface area contributed by atoms with E-state index >= 15 is 0 Å². The van der Waals surface area contributed by atoms with Crippen LogP contribution in [0.25, 0.3) is 0 Å². The highest BCUT2D eigenvalue weighted by Gasteiger charge is 2.11. The zero-order valence-corrected chi connectivity index (χ0v) is 12.2. The van der Waals surface area contributed by atoms with Crippen molar-refractivity contribution in [1.82, 2.24) is 0 Å². The van der Waals surface area contributed by atoms with Crippen molar-refractivity contribution in [2.45, 2.75) is 18.2 Å². The van der Waals surface area contributed by atoms with Gasteiger partial charge in [0.15, 0.2) is 0 Å². The maximum Gasteiger partial charge on any atom is 0.294 e. The quantitative estimate of drug-likeness (QED) is 0.851. The first-order valence-corrected chi connectivity index (χ1v) is 7.82. The third-order valence-electron chi connectivity index (χ3n) is 3.01. The highest BCUT2D eigenvalue weighted by molar-refractivity contribution is 7.85. The molecule has 0 radical (unpaired) electrons. The van der Waals surface area contributed by atoms with Gasteiger partial charge in [0.05, 0.1) is 4.90 Å². The third kappa shape index (κ3) is 3.90. The van der Waals surface area contributed by atoms with Crippen LogP contribution in [0, 0.1) is 0 Å². The van der Waals surface area contributed by atoms with Crippen LogP contribution in [0.3, 0.4) is 0 Å². The van der Waals surface area contributed by atoms with Crippen LogP contribution in [0.15, 0.2) is 53.4 Å². The molecule has 0 aliphatic heterocycles. The van der Waals surface area contributed by atoms with E-state index in [1.807, 2.05) is 19.1 Å². The molecule has 0 unspecified atom stereocenters. The van der Waals surface area contributed by atoms with E-state index in [9.17, 15) is 13.2 Å². The number of anilines is 1. The molecule has 110 valence electrons. The molecule has 0 bridgehead atoms. The lowest BCUT2D eigenvalue weighted by atomic mass is 10.1. The predicted molar refractivity (Wildman–Crippen MR) is 80.0 cm³/mol. The summed E-state index contributed by atoms with van der Waals surface area (Å²) >= 11 is 0. The molecule has 0 aromatic heterocycles. The van der Waals surface area contributed by atoms with Crippen LogP contribution in [0.1, 0.15) is 22.8 Å². The topological polar surface area (TPSA) is 83.5 Å². The fourth-order valence-electron chi connectivity index (χ4n) is 1.83. The lowest BCUT2D eigenvalue weighted by Crippen LogP contribution is -2.12. The fourth-order valence-corrected chi connectivity index (χ4v) is 2.36. The average molecular weight is 305 g/mol. The van der Waals surface area contributed by atoms with Gasteiger partial charge < -0.3 is 5.32 Å². The van der Waals surface area contributed by atoms with Crippen LogP contribution in [0.4, 0.5) is 5.69 Å². The van der Waals surface area contributed by atoms with Crippen molar-refractivity contribution in [2.24, 2.45) is 0 Å². The molecule has 0 spiro atoms. The molecule has 0 saturated carbocycles. The summed E-state index contributed by atoms with van der Waals surface area (Å²) in [6.07, 6.45) is 0.887. The predicted octanol–water partition coefficient (Wildman–Crippen LogP) is 2.75. The highest BCUT2D eigenvalue weighted by atomic mass is 32.2. The van der Waals surface area contributed by atoms with Crippen LogP contribution < -0.4 is 5.32 Å². The monoisotopic (exact) mass is 305 g/mol. The Kier molecular flexibility index (Phi) is 4.40. The van der Waals surface area contributed by atoms with E-state index in [2.05, 4.69) is 5.32 Å². The number of hydrogen-bond donors (Lipinski definition) is 2. The number of carbonyl (C=O) groups excluding carboxylic acids is 1. The SMILES string of the molecule is CCc1ccc(C(=O)Nc2cccc(S(=O)(=O)O)c2)cc1. The fraction of sp³-hybridized carbons (Fsp3) is 0.133. The summed E-state index contributed by atoms with van der Waals surface area (Å²) in [6, 6.07) is 12.6.